The van der Waals surface area contributed by atoms with Crippen LogP contribution < -0.4 is 5.32 Å². The molecular weight excluding hydrogens is 504 g/mol. The van der Waals surface area contributed by atoms with Gasteiger partial charge >= 0.3 is 18.1 Å². The molecule has 2 rings (SSSR count). The van der Waals surface area contributed by atoms with Gasteiger partial charge in [0.05, 0.1) is 28.9 Å². The van der Waals surface area contributed by atoms with Gasteiger partial charge in [0.1, 0.15) is 0 Å². The summed E-state index contributed by atoms with van der Waals surface area (Å²) in [7, 11) is 0. The minimum Gasteiger partial charge on any atom is -0.363 e. The standard InChI is InChI=1S/C21H19Cl2F3N2O6/c1-11(2)32-17(19(30)33-34-20(31)21(24,25)26)8-12-5-6-27-14(7-12)10-28-18(29)15-4-3-13(22)9-16(15)23/h3-7,9,11,17H,8,10H2,1-2H3,(H,28,29). The van der Waals surface area contributed by atoms with Gasteiger partial charge in [0.25, 0.3) is 5.91 Å². The van der Waals surface area contributed by atoms with Gasteiger partial charge in [-0.2, -0.15) is 13.2 Å². The molecule has 8 nitrogen and oxygen atoms in total. The van der Waals surface area contributed by atoms with E-state index in [0.29, 0.717) is 16.3 Å². The normalized spacial score (nSPS) is 12.2. The molecule has 0 saturated heterocycles. The molecule has 0 spiro atoms. The van der Waals surface area contributed by atoms with Gasteiger partial charge < -0.3 is 10.1 Å². The van der Waals surface area contributed by atoms with E-state index in [0.717, 1.165) is 0 Å². The van der Waals surface area contributed by atoms with Crippen LogP contribution >= 0.6 is 23.2 Å². The van der Waals surface area contributed by atoms with E-state index in [1.165, 1.54) is 30.5 Å². The molecule has 0 fully saturated rings. The van der Waals surface area contributed by atoms with E-state index in [4.69, 9.17) is 27.9 Å². The van der Waals surface area contributed by atoms with Crippen molar-refractivity contribution in [3.05, 3.63) is 63.4 Å². The molecule has 13 heteroatoms. The van der Waals surface area contributed by atoms with Crippen LogP contribution in [0, 0.1) is 0 Å². The first kappa shape index (κ1) is 27.4. The summed E-state index contributed by atoms with van der Waals surface area (Å²) in [5.74, 6) is -4.47. The Hall–Kier alpha value is -2.89. The zero-order chi connectivity index (χ0) is 25.5. The Morgan fingerprint density at radius 3 is 2.41 bits per heavy atom. The molecule has 0 aliphatic heterocycles. The molecule has 0 radical (unpaired) electrons. The van der Waals surface area contributed by atoms with E-state index in [9.17, 15) is 27.6 Å². The lowest BCUT2D eigenvalue weighted by atomic mass is 10.1. The molecule has 0 bridgehead atoms. The number of carbonyl (C=O) groups is 3. The van der Waals surface area contributed by atoms with Crippen LogP contribution in [0.4, 0.5) is 13.2 Å². The molecule has 0 aliphatic rings. The average molecular weight is 523 g/mol. The van der Waals surface area contributed by atoms with Crippen molar-refractivity contribution in [2.75, 3.05) is 0 Å². The van der Waals surface area contributed by atoms with Crippen molar-refractivity contribution in [3.8, 4) is 0 Å². The fourth-order valence-electron chi connectivity index (χ4n) is 2.60. The van der Waals surface area contributed by atoms with E-state index >= 15 is 0 Å². The Kier molecular flexibility index (Phi) is 9.66. The highest BCUT2D eigenvalue weighted by Gasteiger charge is 2.43. The quantitative estimate of drug-likeness (QED) is 0.408. The highest BCUT2D eigenvalue weighted by molar-refractivity contribution is 6.36. The first-order valence-corrected chi connectivity index (χ1v) is 10.4. The van der Waals surface area contributed by atoms with Crippen LogP contribution in [-0.2, 0) is 37.1 Å². The van der Waals surface area contributed by atoms with Crippen LogP contribution in [0.2, 0.25) is 10.0 Å². The molecule has 1 unspecified atom stereocenters. The van der Waals surface area contributed by atoms with Crippen molar-refractivity contribution < 1.29 is 42.1 Å². The molecule has 1 atom stereocenters. The fraction of sp³-hybridized carbons (Fsp3) is 0.333. The van der Waals surface area contributed by atoms with Crippen LogP contribution in [0.25, 0.3) is 0 Å². The number of alkyl halides is 3. The van der Waals surface area contributed by atoms with Gasteiger partial charge in [-0.1, -0.05) is 23.2 Å². The lowest BCUT2D eigenvalue weighted by Gasteiger charge is -2.18. The van der Waals surface area contributed by atoms with E-state index in [2.05, 4.69) is 20.1 Å². The van der Waals surface area contributed by atoms with Gasteiger partial charge in [-0.05, 0) is 49.7 Å². The number of hydrogen-bond donors (Lipinski definition) is 1. The topological polar surface area (TPSA) is 104 Å². The number of ether oxygens (including phenoxy) is 1. The fourth-order valence-corrected chi connectivity index (χ4v) is 3.10. The van der Waals surface area contributed by atoms with Crippen LogP contribution in [0.15, 0.2) is 36.5 Å². The minimum atomic E-state index is -5.32. The Morgan fingerprint density at radius 2 is 1.79 bits per heavy atom. The molecule has 34 heavy (non-hydrogen) atoms. The number of hydrogen-bond acceptors (Lipinski definition) is 7. The molecule has 0 aliphatic carbocycles. The van der Waals surface area contributed by atoms with Crippen LogP contribution in [-0.4, -0.2) is 41.2 Å². The second-order valence-corrected chi connectivity index (χ2v) is 7.95. The zero-order valence-corrected chi connectivity index (χ0v) is 19.3. The van der Waals surface area contributed by atoms with Gasteiger partial charge in [-0.3, -0.25) is 9.78 Å². The first-order chi connectivity index (χ1) is 15.9. The summed E-state index contributed by atoms with van der Waals surface area (Å²) in [6.07, 6.45) is -5.92. The van der Waals surface area contributed by atoms with Gasteiger partial charge in [0.15, 0.2) is 6.10 Å². The molecule has 2 aromatic rings. The van der Waals surface area contributed by atoms with E-state index in [-0.39, 0.29) is 23.6 Å². The zero-order valence-electron chi connectivity index (χ0n) is 17.8. The number of amides is 1. The third kappa shape index (κ3) is 8.47. The molecule has 1 amide bonds. The molecule has 0 saturated carbocycles. The van der Waals surface area contributed by atoms with Crippen LogP contribution in [0.1, 0.15) is 35.5 Å². The number of nitrogens with zero attached hydrogens (tertiary/aromatic N) is 1. The second kappa shape index (κ2) is 12.0. The number of aromatic nitrogens is 1. The van der Waals surface area contributed by atoms with E-state index < -0.39 is 36.2 Å². The predicted molar refractivity (Wildman–Crippen MR) is 114 cm³/mol. The number of benzene rings is 1. The lowest BCUT2D eigenvalue weighted by molar-refractivity contribution is -0.290. The third-order valence-electron chi connectivity index (χ3n) is 4.04. The summed E-state index contributed by atoms with van der Waals surface area (Å²) in [4.78, 5) is 46.9. The summed E-state index contributed by atoms with van der Waals surface area (Å²) in [5, 5.41) is 3.19. The van der Waals surface area contributed by atoms with Gasteiger partial charge in [0.2, 0.25) is 0 Å². The molecule has 184 valence electrons. The van der Waals surface area contributed by atoms with Gasteiger partial charge in [0, 0.05) is 17.6 Å². The third-order valence-corrected chi connectivity index (χ3v) is 4.59. The monoisotopic (exact) mass is 522 g/mol. The average Bonchev–Trinajstić information content (AvgIpc) is 2.74. The smallest absolute Gasteiger partial charge is 0.363 e. The van der Waals surface area contributed by atoms with Crippen LogP contribution in [0.3, 0.4) is 0 Å². The van der Waals surface area contributed by atoms with Crippen molar-refractivity contribution >= 4 is 41.0 Å². The van der Waals surface area contributed by atoms with Crippen molar-refractivity contribution in [1.29, 1.82) is 0 Å². The van der Waals surface area contributed by atoms with Crippen LogP contribution in [0.5, 0.6) is 0 Å². The number of halogens is 5. The van der Waals surface area contributed by atoms with Gasteiger partial charge in [-0.25, -0.2) is 19.4 Å². The highest BCUT2D eigenvalue weighted by Crippen LogP contribution is 2.21. The Morgan fingerprint density at radius 1 is 1.09 bits per heavy atom. The molecule has 1 N–H and O–H groups in total. The van der Waals surface area contributed by atoms with Crippen molar-refractivity contribution in [3.63, 3.8) is 0 Å². The molecule has 1 heterocycles. The summed E-state index contributed by atoms with van der Waals surface area (Å²) >= 11 is 11.8. The predicted octanol–water partition coefficient (Wildman–Crippen LogP) is 4.22. The summed E-state index contributed by atoms with van der Waals surface area (Å²) in [6, 6.07) is 7.50. The summed E-state index contributed by atoms with van der Waals surface area (Å²) in [6.45, 7) is 3.20. The first-order valence-electron chi connectivity index (χ1n) is 9.69. The summed E-state index contributed by atoms with van der Waals surface area (Å²) < 4.78 is 42.1. The maximum Gasteiger partial charge on any atom is 0.495 e. The van der Waals surface area contributed by atoms with Gasteiger partial charge in [-0.15, -0.1) is 0 Å². The molecule has 1 aromatic carbocycles. The van der Waals surface area contributed by atoms with Crippen molar-refractivity contribution in [2.24, 2.45) is 0 Å². The largest absolute Gasteiger partial charge is 0.495 e. The highest BCUT2D eigenvalue weighted by atomic mass is 35.5. The lowest BCUT2D eigenvalue weighted by Crippen LogP contribution is -2.34. The SMILES string of the molecule is CC(C)OC(Cc1ccnc(CNC(=O)c2ccc(Cl)cc2Cl)c1)C(=O)OOC(=O)C(F)(F)F. The second-order valence-electron chi connectivity index (χ2n) is 7.11. The van der Waals surface area contributed by atoms with Crippen molar-refractivity contribution in [2.45, 2.75) is 45.2 Å². The summed E-state index contributed by atoms with van der Waals surface area (Å²) in [5.41, 5.74) is 1.12. The number of carbonyl (C=O) groups excluding carboxylic acids is 3. The number of nitrogens with one attached hydrogen (secondary N) is 1. The molecular formula is C21H19Cl2F3N2O6. The van der Waals surface area contributed by atoms with Crippen molar-refractivity contribution in [1.82, 2.24) is 10.3 Å². The van der Waals surface area contributed by atoms with E-state index in [1.54, 1.807) is 19.9 Å². The Balaban J connectivity index is 2.04. The maximum atomic E-state index is 12.4. The Labute approximate surface area is 202 Å². The Bertz CT molecular complexity index is 1050. The van der Waals surface area contributed by atoms with E-state index in [1.807, 2.05) is 0 Å². The molecule has 1 aromatic heterocycles. The maximum absolute atomic E-state index is 12.4. The number of rotatable bonds is 8. The number of pyridine rings is 1. The minimum absolute atomic E-state index is 0.00890.